The standard InChI is InChI=1S/C12H21N3O3/c1-8(2)9(5-6-16)13-12-14-10(17-3)7-11(15-12)18-4/h7-9,16H,5-6H2,1-4H3,(H,13,14,15). The van der Waals surface area contributed by atoms with Crippen LogP contribution in [-0.4, -0.2) is 41.9 Å². The van der Waals surface area contributed by atoms with E-state index in [1.807, 2.05) is 0 Å². The van der Waals surface area contributed by atoms with Gasteiger partial charge in [0.25, 0.3) is 0 Å². The molecule has 0 saturated heterocycles. The van der Waals surface area contributed by atoms with Gasteiger partial charge in [0.15, 0.2) is 0 Å². The molecule has 0 radical (unpaired) electrons. The molecule has 0 spiro atoms. The smallest absolute Gasteiger partial charge is 0.229 e. The average Bonchev–Trinajstić information content (AvgIpc) is 2.37. The highest BCUT2D eigenvalue weighted by Crippen LogP contribution is 2.19. The van der Waals surface area contributed by atoms with E-state index in [0.29, 0.717) is 30.0 Å². The minimum absolute atomic E-state index is 0.104. The Labute approximate surface area is 107 Å². The molecule has 0 fully saturated rings. The van der Waals surface area contributed by atoms with E-state index in [1.165, 1.54) is 0 Å². The summed E-state index contributed by atoms with van der Waals surface area (Å²) < 4.78 is 10.2. The Morgan fingerprint density at radius 3 is 2.17 bits per heavy atom. The lowest BCUT2D eigenvalue weighted by Gasteiger charge is -2.21. The van der Waals surface area contributed by atoms with Gasteiger partial charge in [-0.3, -0.25) is 0 Å². The van der Waals surface area contributed by atoms with E-state index in [0.717, 1.165) is 0 Å². The number of aromatic nitrogens is 2. The SMILES string of the molecule is COc1cc(OC)nc(NC(CCO)C(C)C)n1. The van der Waals surface area contributed by atoms with Crippen molar-refractivity contribution in [2.75, 3.05) is 26.1 Å². The van der Waals surface area contributed by atoms with Gasteiger partial charge in [-0.1, -0.05) is 13.8 Å². The number of hydrogen-bond donors (Lipinski definition) is 2. The van der Waals surface area contributed by atoms with Gasteiger partial charge in [0, 0.05) is 12.6 Å². The Morgan fingerprint density at radius 1 is 1.22 bits per heavy atom. The summed E-state index contributed by atoms with van der Waals surface area (Å²) in [6.45, 7) is 4.27. The first-order valence-corrected chi connectivity index (χ1v) is 5.95. The zero-order valence-electron chi connectivity index (χ0n) is 11.3. The molecule has 6 nitrogen and oxygen atoms in total. The van der Waals surface area contributed by atoms with Gasteiger partial charge in [-0.05, 0) is 12.3 Å². The summed E-state index contributed by atoms with van der Waals surface area (Å²) in [5.41, 5.74) is 0. The molecule has 102 valence electrons. The van der Waals surface area contributed by atoms with Crippen molar-refractivity contribution >= 4 is 5.95 Å². The minimum atomic E-state index is 0.104. The normalized spacial score (nSPS) is 12.3. The molecule has 1 aromatic heterocycles. The lowest BCUT2D eigenvalue weighted by Crippen LogP contribution is -2.27. The molecule has 2 N–H and O–H groups in total. The van der Waals surface area contributed by atoms with E-state index < -0.39 is 0 Å². The van der Waals surface area contributed by atoms with Crippen LogP contribution in [-0.2, 0) is 0 Å². The Bertz CT molecular complexity index is 349. The third-order valence-electron chi connectivity index (χ3n) is 2.66. The number of nitrogens with one attached hydrogen (secondary N) is 1. The van der Waals surface area contributed by atoms with E-state index in [1.54, 1.807) is 20.3 Å². The maximum Gasteiger partial charge on any atom is 0.229 e. The maximum absolute atomic E-state index is 9.03. The quantitative estimate of drug-likeness (QED) is 0.765. The predicted molar refractivity (Wildman–Crippen MR) is 69.1 cm³/mol. The molecule has 0 aliphatic heterocycles. The molecule has 0 saturated carbocycles. The van der Waals surface area contributed by atoms with E-state index >= 15 is 0 Å². The molecule has 1 unspecified atom stereocenters. The first kappa shape index (κ1) is 14.5. The molecular weight excluding hydrogens is 234 g/mol. The van der Waals surface area contributed by atoms with Gasteiger partial charge in [-0.25, -0.2) is 0 Å². The number of nitrogens with zero attached hydrogens (tertiary/aromatic N) is 2. The Hall–Kier alpha value is -1.56. The molecule has 0 amide bonds. The molecular formula is C12H21N3O3. The number of anilines is 1. The zero-order chi connectivity index (χ0) is 13.5. The van der Waals surface area contributed by atoms with Crippen LogP contribution in [0.5, 0.6) is 11.8 Å². The van der Waals surface area contributed by atoms with Crippen molar-refractivity contribution < 1.29 is 14.6 Å². The first-order valence-electron chi connectivity index (χ1n) is 5.95. The molecule has 1 rings (SSSR count). The van der Waals surface area contributed by atoms with Crippen molar-refractivity contribution in [2.45, 2.75) is 26.3 Å². The monoisotopic (exact) mass is 255 g/mol. The van der Waals surface area contributed by atoms with Crippen LogP contribution in [0.25, 0.3) is 0 Å². The number of aliphatic hydroxyl groups excluding tert-OH is 1. The fraction of sp³-hybridized carbons (Fsp3) is 0.667. The van der Waals surface area contributed by atoms with Gasteiger partial charge in [0.2, 0.25) is 17.7 Å². The summed E-state index contributed by atoms with van der Waals surface area (Å²) in [4.78, 5) is 8.40. The van der Waals surface area contributed by atoms with Crippen LogP contribution in [0.2, 0.25) is 0 Å². The van der Waals surface area contributed by atoms with Crippen molar-refractivity contribution in [1.29, 1.82) is 0 Å². The fourth-order valence-electron chi connectivity index (χ4n) is 1.55. The van der Waals surface area contributed by atoms with Gasteiger partial charge in [-0.15, -0.1) is 0 Å². The van der Waals surface area contributed by atoms with Crippen LogP contribution in [0, 0.1) is 5.92 Å². The van der Waals surface area contributed by atoms with E-state index in [4.69, 9.17) is 14.6 Å². The largest absolute Gasteiger partial charge is 0.481 e. The van der Waals surface area contributed by atoms with Crippen LogP contribution in [0.15, 0.2) is 6.07 Å². The fourth-order valence-corrected chi connectivity index (χ4v) is 1.55. The Balaban J connectivity index is 2.87. The topological polar surface area (TPSA) is 76.5 Å². The summed E-state index contributed by atoms with van der Waals surface area (Å²) in [7, 11) is 3.08. The molecule has 0 aromatic carbocycles. The first-order chi connectivity index (χ1) is 8.60. The second-order valence-corrected chi connectivity index (χ2v) is 4.28. The van der Waals surface area contributed by atoms with E-state index in [-0.39, 0.29) is 12.6 Å². The minimum Gasteiger partial charge on any atom is -0.481 e. The maximum atomic E-state index is 9.03. The zero-order valence-corrected chi connectivity index (χ0v) is 11.3. The van der Waals surface area contributed by atoms with Gasteiger partial charge in [0.05, 0.1) is 20.3 Å². The highest BCUT2D eigenvalue weighted by Gasteiger charge is 2.15. The van der Waals surface area contributed by atoms with Crippen molar-refractivity contribution in [3.8, 4) is 11.8 Å². The summed E-state index contributed by atoms with van der Waals surface area (Å²) in [6.07, 6.45) is 0.639. The van der Waals surface area contributed by atoms with Crippen molar-refractivity contribution in [3.63, 3.8) is 0 Å². The van der Waals surface area contributed by atoms with Crippen LogP contribution >= 0.6 is 0 Å². The van der Waals surface area contributed by atoms with Crippen LogP contribution in [0.3, 0.4) is 0 Å². The number of ether oxygens (including phenoxy) is 2. The molecule has 0 aliphatic rings. The van der Waals surface area contributed by atoms with E-state index in [2.05, 4.69) is 29.1 Å². The number of methoxy groups -OCH3 is 2. The van der Waals surface area contributed by atoms with Crippen molar-refractivity contribution in [3.05, 3.63) is 6.07 Å². The van der Waals surface area contributed by atoms with Crippen molar-refractivity contribution in [1.82, 2.24) is 9.97 Å². The lowest BCUT2D eigenvalue weighted by molar-refractivity contribution is 0.267. The van der Waals surface area contributed by atoms with Gasteiger partial charge < -0.3 is 19.9 Å². The summed E-state index contributed by atoms with van der Waals surface area (Å²) in [5, 5.41) is 12.2. The number of rotatable bonds is 7. The highest BCUT2D eigenvalue weighted by molar-refractivity contribution is 5.34. The van der Waals surface area contributed by atoms with Gasteiger partial charge in [-0.2, -0.15) is 9.97 Å². The second kappa shape index (κ2) is 7.00. The predicted octanol–water partition coefficient (Wildman–Crippen LogP) is 1.31. The van der Waals surface area contributed by atoms with Gasteiger partial charge in [0.1, 0.15) is 0 Å². The molecule has 1 heterocycles. The van der Waals surface area contributed by atoms with Crippen LogP contribution in [0.4, 0.5) is 5.95 Å². The molecule has 6 heteroatoms. The molecule has 18 heavy (non-hydrogen) atoms. The summed E-state index contributed by atoms with van der Waals surface area (Å²) >= 11 is 0. The molecule has 0 bridgehead atoms. The van der Waals surface area contributed by atoms with E-state index in [9.17, 15) is 0 Å². The third-order valence-corrected chi connectivity index (χ3v) is 2.66. The summed E-state index contributed by atoms with van der Waals surface area (Å²) in [5.74, 6) is 1.68. The van der Waals surface area contributed by atoms with Crippen LogP contribution in [0.1, 0.15) is 20.3 Å². The Kier molecular flexibility index (Phi) is 5.64. The van der Waals surface area contributed by atoms with Gasteiger partial charge >= 0.3 is 0 Å². The lowest BCUT2D eigenvalue weighted by atomic mass is 10.0. The third kappa shape index (κ3) is 4.03. The summed E-state index contributed by atoms with van der Waals surface area (Å²) in [6, 6.07) is 1.72. The van der Waals surface area contributed by atoms with Crippen LogP contribution < -0.4 is 14.8 Å². The number of aliphatic hydroxyl groups is 1. The number of hydrogen-bond acceptors (Lipinski definition) is 6. The molecule has 1 atom stereocenters. The molecule has 1 aromatic rings. The second-order valence-electron chi connectivity index (χ2n) is 4.28. The Morgan fingerprint density at radius 2 is 1.78 bits per heavy atom. The highest BCUT2D eigenvalue weighted by atomic mass is 16.5. The van der Waals surface area contributed by atoms with Crippen molar-refractivity contribution in [2.24, 2.45) is 5.92 Å². The molecule has 0 aliphatic carbocycles. The average molecular weight is 255 g/mol.